The minimum absolute atomic E-state index is 0.0351. The third-order valence-corrected chi connectivity index (χ3v) is 4.56. The Balaban J connectivity index is 1.61. The molecule has 6 heteroatoms. The average molecular weight is 290 g/mol. The van der Waals surface area contributed by atoms with Crippen molar-refractivity contribution in [3.8, 4) is 17.2 Å². The Morgan fingerprint density at radius 3 is 2.48 bits per heavy atom. The number of carbonyl (C=O) groups is 1. The van der Waals surface area contributed by atoms with Crippen LogP contribution in [-0.4, -0.2) is 27.4 Å². The number of aromatic hydroxyl groups is 3. The molecule has 2 aliphatic carbocycles. The summed E-state index contributed by atoms with van der Waals surface area (Å²) in [6.45, 7) is 0. The molecule has 1 aromatic carbocycles. The lowest BCUT2D eigenvalue weighted by atomic mass is 9.90. The van der Waals surface area contributed by atoms with Crippen LogP contribution in [0, 0.1) is 17.8 Å². The predicted molar refractivity (Wildman–Crippen MR) is 76.3 cm³/mol. The van der Waals surface area contributed by atoms with Gasteiger partial charge in [0.1, 0.15) is 0 Å². The monoisotopic (exact) mass is 290 g/mol. The van der Waals surface area contributed by atoms with Gasteiger partial charge >= 0.3 is 0 Å². The highest BCUT2D eigenvalue weighted by Crippen LogP contribution is 2.47. The first-order valence-electron chi connectivity index (χ1n) is 7.13. The quantitative estimate of drug-likeness (QED) is 0.388. The van der Waals surface area contributed by atoms with Gasteiger partial charge < -0.3 is 15.3 Å². The molecule has 2 aliphatic rings. The van der Waals surface area contributed by atoms with E-state index in [4.69, 9.17) is 0 Å². The highest BCUT2D eigenvalue weighted by molar-refractivity contribution is 5.95. The van der Waals surface area contributed by atoms with Crippen LogP contribution in [0.5, 0.6) is 17.2 Å². The highest BCUT2D eigenvalue weighted by Gasteiger charge is 2.38. The summed E-state index contributed by atoms with van der Waals surface area (Å²) in [5.74, 6) is -0.331. The van der Waals surface area contributed by atoms with E-state index in [1.165, 1.54) is 19.3 Å². The topological polar surface area (TPSA) is 102 Å². The standard InChI is InChI=1S/C15H18N2O4/c18-12-5-10(6-13(19)14(12)20)15(21)17-16-7-11-4-8-1-2-9(11)3-8/h5-9,11,18-20H,1-4H2,(H,17,21)/b16-7+. The lowest BCUT2D eigenvalue weighted by Gasteiger charge is -2.16. The molecule has 0 aliphatic heterocycles. The molecule has 1 amide bonds. The maximum absolute atomic E-state index is 11.9. The first kappa shape index (κ1) is 13.7. The zero-order valence-corrected chi connectivity index (χ0v) is 11.5. The molecule has 2 bridgehead atoms. The van der Waals surface area contributed by atoms with Crippen LogP contribution in [0.1, 0.15) is 36.0 Å². The number of nitrogens with one attached hydrogen (secondary N) is 1. The van der Waals surface area contributed by atoms with Crippen molar-refractivity contribution in [2.75, 3.05) is 0 Å². The summed E-state index contributed by atoms with van der Waals surface area (Å²) in [6, 6.07) is 2.16. The number of benzene rings is 1. The molecule has 6 nitrogen and oxygen atoms in total. The van der Waals surface area contributed by atoms with Crippen LogP contribution < -0.4 is 5.43 Å². The average Bonchev–Trinajstić information content (AvgIpc) is 3.06. The van der Waals surface area contributed by atoms with Gasteiger partial charge in [0.15, 0.2) is 17.2 Å². The van der Waals surface area contributed by atoms with Gasteiger partial charge in [0.05, 0.1) is 0 Å². The number of hydrogen-bond acceptors (Lipinski definition) is 5. The summed E-state index contributed by atoms with van der Waals surface area (Å²) < 4.78 is 0. The maximum atomic E-state index is 11.9. The largest absolute Gasteiger partial charge is 0.504 e. The Labute approximate surface area is 122 Å². The highest BCUT2D eigenvalue weighted by atomic mass is 16.3. The Kier molecular flexibility index (Phi) is 3.45. The molecule has 112 valence electrons. The summed E-state index contributed by atoms with van der Waals surface area (Å²) in [4.78, 5) is 11.9. The number of phenols is 3. The summed E-state index contributed by atoms with van der Waals surface area (Å²) >= 11 is 0. The predicted octanol–water partition coefficient (Wildman–Crippen LogP) is 1.96. The molecule has 0 aromatic heterocycles. The number of hydrogen-bond donors (Lipinski definition) is 4. The fraction of sp³-hybridized carbons (Fsp3) is 0.467. The SMILES string of the molecule is O=C(N/N=C/C1CC2CCC1C2)c1cc(O)c(O)c(O)c1. The van der Waals surface area contributed by atoms with Crippen LogP contribution in [0.25, 0.3) is 0 Å². The normalized spacial score (nSPS) is 27.3. The first-order chi connectivity index (χ1) is 10.0. The molecule has 1 aromatic rings. The van der Waals surface area contributed by atoms with Gasteiger partial charge in [-0.3, -0.25) is 4.79 Å². The van der Waals surface area contributed by atoms with Crippen molar-refractivity contribution >= 4 is 12.1 Å². The Morgan fingerprint density at radius 2 is 1.90 bits per heavy atom. The fourth-order valence-electron chi connectivity index (χ4n) is 3.47. The summed E-state index contributed by atoms with van der Waals surface area (Å²) in [5, 5.41) is 32.0. The Bertz CT molecular complexity index is 576. The zero-order valence-electron chi connectivity index (χ0n) is 11.5. The van der Waals surface area contributed by atoms with Crippen molar-refractivity contribution in [1.82, 2.24) is 5.43 Å². The molecule has 3 atom stereocenters. The summed E-state index contributed by atoms with van der Waals surface area (Å²) in [7, 11) is 0. The zero-order chi connectivity index (χ0) is 15.0. The molecule has 21 heavy (non-hydrogen) atoms. The fourth-order valence-corrected chi connectivity index (χ4v) is 3.47. The van der Waals surface area contributed by atoms with Gasteiger partial charge in [0, 0.05) is 11.8 Å². The van der Waals surface area contributed by atoms with Gasteiger partial charge in [0.25, 0.3) is 5.91 Å². The Hall–Kier alpha value is -2.24. The van der Waals surface area contributed by atoms with Gasteiger partial charge in [-0.05, 0) is 49.1 Å². The van der Waals surface area contributed by atoms with E-state index in [1.54, 1.807) is 6.21 Å². The Morgan fingerprint density at radius 1 is 1.19 bits per heavy atom. The van der Waals surface area contributed by atoms with Gasteiger partial charge in [-0.2, -0.15) is 5.10 Å². The van der Waals surface area contributed by atoms with Crippen LogP contribution in [0.4, 0.5) is 0 Å². The van der Waals surface area contributed by atoms with Crippen LogP contribution in [0.2, 0.25) is 0 Å². The first-order valence-corrected chi connectivity index (χ1v) is 7.13. The molecule has 4 N–H and O–H groups in total. The van der Waals surface area contributed by atoms with Crippen LogP contribution >= 0.6 is 0 Å². The number of nitrogens with zero attached hydrogens (tertiary/aromatic N) is 1. The molecule has 3 unspecified atom stereocenters. The molecule has 0 heterocycles. The second-order valence-electron chi connectivity index (χ2n) is 5.92. The summed E-state index contributed by atoms with van der Waals surface area (Å²) in [5.41, 5.74) is 2.42. The number of hydrazone groups is 1. The number of carbonyl (C=O) groups excluding carboxylic acids is 1. The summed E-state index contributed by atoms with van der Waals surface area (Å²) in [6.07, 6.45) is 6.76. The van der Waals surface area contributed by atoms with E-state index in [0.29, 0.717) is 11.8 Å². The lowest BCUT2D eigenvalue weighted by Crippen LogP contribution is -2.20. The molecular weight excluding hydrogens is 272 g/mol. The van der Waals surface area contributed by atoms with Crippen molar-refractivity contribution in [2.45, 2.75) is 25.7 Å². The third kappa shape index (κ3) is 2.66. The van der Waals surface area contributed by atoms with E-state index in [9.17, 15) is 20.1 Å². The van der Waals surface area contributed by atoms with Crippen molar-refractivity contribution in [2.24, 2.45) is 22.9 Å². The number of phenolic OH excluding ortho intramolecular Hbond substituents is 3. The van der Waals surface area contributed by atoms with Gasteiger partial charge in [-0.25, -0.2) is 5.43 Å². The number of rotatable bonds is 3. The van der Waals surface area contributed by atoms with E-state index in [-0.39, 0.29) is 5.56 Å². The molecule has 2 fully saturated rings. The van der Waals surface area contributed by atoms with E-state index >= 15 is 0 Å². The minimum atomic E-state index is -0.642. The lowest BCUT2D eigenvalue weighted by molar-refractivity contribution is 0.0954. The number of amides is 1. The smallest absolute Gasteiger partial charge is 0.271 e. The molecule has 0 radical (unpaired) electrons. The van der Waals surface area contributed by atoms with Crippen LogP contribution in [0.15, 0.2) is 17.2 Å². The van der Waals surface area contributed by atoms with Gasteiger partial charge in [-0.1, -0.05) is 6.42 Å². The van der Waals surface area contributed by atoms with Crippen LogP contribution in [-0.2, 0) is 0 Å². The van der Waals surface area contributed by atoms with Crippen molar-refractivity contribution < 1.29 is 20.1 Å². The molecule has 0 saturated heterocycles. The van der Waals surface area contributed by atoms with E-state index < -0.39 is 23.2 Å². The van der Waals surface area contributed by atoms with E-state index in [1.807, 2.05) is 0 Å². The van der Waals surface area contributed by atoms with E-state index in [0.717, 1.165) is 24.5 Å². The third-order valence-electron chi connectivity index (χ3n) is 4.56. The number of fused-ring (bicyclic) bond motifs is 2. The minimum Gasteiger partial charge on any atom is -0.504 e. The second-order valence-corrected chi connectivity index (χ2v) is 5.92. The van der Waals surface area contributed by atoms with Crippen molar-refractivity contribution in [3.63, 3.8) is 0 Å². The van der Waals surface area contributed by atoms with Crippen molar-refractivity contribution in [1.29, 1.82) is 0 Å². The van der Waals surface area contributed by atoms with Crippen molar-refractivity contribution in [3.05, 3.63) is 17.7 Å². The van der Waals surface area contributed by atoms with Crippen LogP contribution in [0.3, 0.4) is 0 Å². The molecular formula is C15H18N2O4. The van der Waals surface area contributed by atoms with Gasteiger partial charge in [0.2, 0.25) is 0 Å². The van der Waals surface area contributed by atoms with Gasteiger partial charge in [-0.15, -0.1) is 0 Å². The molecule has 2 saturated carbocycles. The second kappa shape index (κ2) is 5.27. The molecule has 3 rings (SSSR count). The van der Waals surface area contributed by atoms with E-state index in [2.05, 4.69) is 10.5 Å². The maximum Gasteiger partial charge on any atom is 0.271 e. The molecule has 0 spiro atoms.